The van der Waals surface area contributed by atoms with Crippen molar-refractivity contribution in [3.63, 3.8) is 0 Å². The predicted octanol–water partition coefficient (Wildman–Crippen LogP) is 3.35. The number of carbonyl (C=O) groups is 2. The van der Waals surface area contributed by atoms with Crippen molar-refractivity contribution in [2.75, 3.05) is 0 Å². The van der Waals surface area contributed by atoms with Gasteiger partial charge in [0.05, 0.1) is 5.92 Å². The topological polar surface area (TPSA) is 66.4 Å². The van der Waals surface area contributed by atoms with Gasteiger partial charge in [-0.05, 0) is 31.9 Å². The fourth-order valence-corrected chi connectivity index (χ4v) is 2.62. The number of carbonyl (C=O) groups excluding carboxylic acids is 1. The van der Waals surface area contributed by atoms with Crippen molar-refractivity contribution in [3.05, 3.63) is 70.8 Å². The van der Waals surface area contributed by atoms with Gasteiger partial charge in [0.2, 0.25) is 5.91 Å². The maximum atomic E-state index is 12.4. The van der Waals surface area contributed by atoms with Gasteiger partial charge in [0.1, 0.15) is 0 Å². The van der Waals surface area contributed by atoms with Gasteiger partial charge < -0.3 is 10.4 Å². The molecule has 0 spiro atoms. The minimum atomic E-state index is -1.07. The van der Waals surface area contributed by atoms with Crippen molar-refractivity contribution < 1.29 is 14.7 Å². The van der Waals surface area contributed by atoms with Crippen LogP contribution in [0.25, 0.3) is 0 Å². The molecule has 4 heteroatoms. The highest BCUT2D eigenvalue weighted by Crippen LogP contribution is 2.20. The first-order chi connectivity index (χ1) is 10.9. The van der Waals surface area contributed by atoms with Crippen LogP contribution in [-0.2, 0) is 9.59 Å². The minimum absolute atomic E-state index is 0.303. The molecular weight excluding hydrogens is 290 g/mol. The molecule has 0 saturated carbocycles. The van der Waals surface area contributed by atoms with Crippen molar-refractivity contribution >= 4 is 11.9 Å². The second-order valence-corrected chi connectivity index (χ2v) is 5.83. The fraction of sp³-hybridized carbons (Fsp3) is 0.263. The molecule has 2 N–H and O–H groups in total. The van der Waals surface area contributed by atoms with Gasteiger partial charge in [0, 0.05) is 0 Å². The Morgan fingerprint density at radius 2 is 1.52 bits per heavy atom. The first kappa shape index (κ1) is 16.7. The second-order valence-electron chi connectivity index (χ2n) is 5.83. The van der Waals surface area contributed by atoms with E-state index in [1.165, 1.54) is 0 Å². The molecule has 120 valence electrons. The van der Waals surface area contributed by atoms with E-state index in [2.05, 4.69) is 5.32 Å². The van der Waals surface area contributed by atoms with Crippen LogP contribution in [0.1, 0.15) is 41.1 Å². The molecule has 1 amide bonds. The van der Waals surface area contributed by atoms with Crippen LogP contribution in [0, 0.1) is 13.8 Å². The molecule has 1 unspecified atom stereocenters. The van der Waals surface area contributed by atoms with Crippen molar-refractivity contribution in [3.8, 4) is 0 Å². The van der Waals surface area contributed by atoms with Crippen LogP contribution in [0.5, 0.6) is 0 Å². The van der Waals surface area contributed by atoms with E-state index < -0.39 is 17.9 Å². The number of aliphatic carboxylic acids is 1. The molecule has 4 nitrogen and oxygen atoms in total. The van der Waals surface area contributed by atoms with Gasteiger partial charge in [-0.2, -0.15) is 0 Å². The molecule has 0 radical (unpaired) electrons. The average Bonchev–Trinajstić information content (AvgIpc) is 2.51. The van der Waals surface area contributed by atoms with Gasteiger partial charge in [0.15, 0.2) is 6.04 Å². The predicted molar refractivity (Wildman–Crippen MR) is 89.3 cm³/mol. The summed E-state index contributed by atoms with van der Waals surface area (Å²) < 4.78 is 0. The number of amides is 1. The number of rotatable bonds is 5. The molecular formula is C19H21NO3. The zero-order valence-corrected chi connectivity index (χ0v) is 13.5. The Hall–Kier alpha value is -2.62. The lowest BCUT2D eigenvalue weighted by atomic mass is 9.98. The molecule has 2 aromatic rings. The van der Waals surface area contributed by atoms with E-state index in [1.807, 2.05) is 50.2 Å². The molecule has 0 heterocycles. The number of nitrogens with one attached hydrogen (secondary N) is 1. The molecule has 2 aromatic carbocycles. The third-order valence-corrected chi connectivity index (χ3v) is 3.80. The zero-order chi connectivity index (χ0) is 17.0. The monoisotopic (exact) mass is 311 g/mol. The molecule has 0 aliphatic heterocycles. The smallest absolute Gasteiger partial charge is 0.330 e. The lowest BCUT2D eigenvalue weighted by molar-refractivity contribution is -0.142. The number of hydrogen-bond acceptors (Lipinski definition) is 2. The molecule has 0 aromatic heterocycles. The molecule has 0 aliphatic carbocycles. The molecule has 2 rings (SSSR count). The van der Waals surface area contributed by atoms with Gasteiger partial charge >= 0.3 is 5.97 Å². The number of carboxylic acid groups (broad SMARTS) is 1. The van der Waals surface area contributed by atoms with Gasteiger partial charge in [-0.25, -0.2) is 4.79 Å². The second kappa shape index (κ2) is 7.09. The Balaban J connectivity index is 2.22. The van der Waals surface area contributed by atoms with Crippen molar-refractivity contribution in [2.45, 2.75) is 32.7 Å². The quantitative estimate of drug-likeness (QED) is 0.890. The SMILES string of the molecule is Cc1cc(C)cc(C(NC(=O)[C@@H](C)c2ccccc2)C(=O)O)c1. The normalized spacial score (nSPS) is 13.2. The Morgan fingerprint density at radius 1 is 0.957 bits per heavy atom. The summed E-state index contributed by atoms with van der Waals surface area (Å²) in [5.74, 6) is -1.78. The van der Waals surface area contributed by atoms with E-state index in [4.69, 9.17) is 0 Å². The molecule has 0 fully saturated rings. The van der Waals surface area contributed by atoms with E-state index in [1.54, 1.807) is 19.1 Å². The molecule has 2 atom stereocenters. The van der Waals surface area contributed by atoms with Crippen LogP contribution in [0.3, 0.4) is 0 Å². The summed E-state index contributed by atoms with van der Waals surface area (Å²) in [6.07, 6.45) is 0. The maximum absolute atomic E-state index is 12.4. The van der Waals surface area contributed by atoms with Gasteiger partial charge in [0.25, 0.3) is 0 Å². The van der Waals surface area contributed by atoms with Gasteiger partial charge in [-0.1, -0.05) is 59.7 Å². The first-order valence-electron chi connectivity index (χ1n) is 7.55. The van der Waals surface area contributed by atoms with Crippen LogP contribution in [-0.4, -0.2) is 17.0 Å². The van der Waals surface area contributed by atoms with Gasteiger partial charge in [-0.3, -0.25) is 4.79 Å². The highest BCUT2D eigenvalue weighted by Gasteiger charge is 2.25. The van der Waals surface area contributed by atoms with Crippen LogP contribution in [0.4, 0.5) is 0 Å². The number of benzene rings is 2. The summed E-state index contributed by atoms with van der Waals surface area (Å²) in [6.45, 7) is 5.58. The van der Waals surface area contributed by atoms with Crippen molar-refractivity contribution in [1.82, 2.24) is 5.32 Å². The largest absolute Gasteiger partial charge is 0.479 e. The lowest BCUT2D eigenvalue weighted by Crippen LogP contribution is -2.36. The summed E-state index contributed by atoms with van der Waals surface area (Å²) in [5, 5.41) is 12.1. The maximum Gasteiger partial charge on any atom is 0.330 e. The summed E-state index contributed by atoms with van der Waals surface area (Å²) >= 11 is 0. The van der Waals surface area contributed by atoms with Crippen molar-refractivity contribution in [2.24, 2.45) is 0 Å². The van der Waals surface area contributed by atoms with Crippen LogP contribution in [0.15, 0.2) is 48.5 Å². The van der Waals surface area contributed by atoms with E-state index >= 15 is 0 Å². The number of carboxylic acids is 1. The number of aryl methyl sites for hydroxylation is 2. The Labute approximate surface area is 136 Å². The summed E-state index contributed by atoms with van der Waals surface area (Å²) in [6, 6.07) is 13.8. The standard InChI is InChI=1S/C19H21NO3/c1-12-9-13(2)11-16(10-12)17(19(22)23)20-18(21)14(3)15-7-5-4-6-8-15/h4-11,14,17H,1-3H3,(H,20,21)(H,22,23)/t14-,17?/m0/s1. The highest BCUT2D eigenvalue weighted by atomic mass is 16.4. The first-order valence-corrected chi connectivity index (χ1v) is 7.55. The zero-order valence-electron chi connectivity index (χ0n) is 13.5. The Morgan fingerprint density at radius 3 is 2.04 bits per heavy atom. The van der Waals surface area contributed by atoms with E-state index in [-0.39, 0.29) is 5.91 Å². The summed E-state index contributed by atoms with van der Waals surface area (Å²) in [5.41, 5.74) is 3.38. The van der Waals surface area contributed by atoms with E-state index in [9.17, 15) is 14.7 Å². The Kier molecular flexibility index (Phi) is 5.16. The average molecular weight is 311 g/mol. The fourth-order valence-electron chi connectivity index (χ4n) is 2.62. The lowest BCUT2D eigenvalue weighted by Gasteiger charge is -2.19. The third-order valence-electron chi connectivity index (χ3n) is 3.80. The number of hydrogen-bond donors (Lipinski definition) is 2. The van der Waals surface area contributed by atoms with E-state index in [0.717, 1.165) is 16.7 Å². The van der Waals surface area contributed by atoms with E-state index in [0.29, 0.717) is 5.56 Å². The van der Waals surface area contributed by atoms with Crippen LogP contribution >= 0.6 is 0 Å². The summed E-state index contributed by atoms with van der Waals surface area (Å²) in [4.78, 5) is 24.0. The Bertz CT molecular complexity index is 690. The third kappa shape index (κ3) is 4.19. The minimum Gasteiger partial charge on any atom is -0.479 e. The summed E-state index contributed by atoms with van der Waals surface area (Å²) in [7, 11) is 0. The van der Waals surface area contributed by atoms with Crippen molar-refractivity contribution in [1.29, 1.82) is 0 Å². The van der Waals surface area contributed by atoms with Crippen LogP contribution in [0.2, 0.25) is 0 Å². The molecule has 23 heavy (non-hydrogen) atoms. The molecule has 0 saturated heterocycles. The molecule has 0 aliphatic rings. The molecule has 0 bridgehead atoms. The van der Waals surface area contributed by atoms with Gasteiger partial charge in [-0.15, -0.1) is 0 Å². The van der Waals surface area contributed by atoms with Crippen LogP contribution < -0.4 is 5.32 Å². The highest BCUT2D eigenvalue weighted by molar-refractivity contribution is 5.88.